The van der Waals surface area contributed by atoms with Crippen LogP contribution in [0.4, 0.5) is 0 Å². The second-order valence-electron chi connectivity index (χ2n) is 5.82. The fourth-order valence-electron chi connectivity index (χ4n) is 2.42. The maximum absolute atomic E-state index is 12.3. The molecule has 0 saturated carbocycles. The molecule has 0 saturated heterocycles. The molecule has 7 nitrogen and oxygen atoms in total. The van der Waals surface area contributed by atoms with Crippen LogP contribution in [0.1, 0.15) is 31.2 Å². The Kier molecular flexibility index (Phi) is 6.63. The molecule has 1 aromatic heterocycles. The lowest BCUT2D eigenvalue weighted by atomic mass is 10.1. The van der Waals surface area contributed by atoms with Crippen molar-refractivity contribution < 1.29 is 14.7 Å². The van der Waals surface area contributed by atoms with E-state index in [9.17, 15) is 14.4 Å². The van der Waals surface area contributed by atoms with Gasteiger partial charge in [0.15, 0.2) is 0 Å². The number of aromatic nitrogens is 1. The zero-order valence-corrected chi connectivity index (χ0v) is 17.8. The van der Waals surface area contributed by atoms with E-state index in [2.05, 4.69) is 26.5 Å². The van der Waals surface area contributed by atoms with Crippen LogP contribution in [0.5, 0.6) is 0 Å². The molecule has 3 rings (SSSR count). The average Bonchev–Trinajstić information content (AvgIpc) is 2.96. The van der Waals surface area contributed by atoms with Gasteiger partial charge in [-0.3, -0.25) is 14.2 Å². The summed E-state index contributed by atoms with van der Waals surface area (Å²) in [5, 5.41) is 13.1. The molecule has 1 heterocycles. The lowest BCUT2D eigenvalue weighted by Gasteiger charge is -2.05. The number of benzene rings is 2. The molecule has 2 aromatic carbocycles. The van der Waals surface area contributed by atoms with Crippen LogP contribution in [0.3, 0.4) is 0 Å². The molecule has 148 valence electrons. The molecule has 0 radical (unpaired) electrons. The molecule has 1 amide bonds. The van der Waals surface area contributed by atoms with Crippen LogP contribution >= 0.6 is 38.9 Å². The van der Waals surface area contributed by atoms with E-state index in [-0.39, 0.29) is 22.1 Å². The highest BCUT2D eigenvalue weighted by Crippen LogP contribution is 2.19. The molecule has 3 aromatic rings. The quantitative estimate of drug-likeness (QED) is 0.402. The van der Waals surface area contributed by atoms with Crippen LogP contribution in [0, 0.1) is 0 Å². The first kappa shape index (κ1) is 21.0. The third kappa shape index (κ3) is 5.20. The molecule has 0 aliphatic carbocycles. The van der Waals surface area contributed by atoms with Gasteiger partial charge in [0.05, 0.1) is 23.2 Å². The number of carboxylic acid groups (broad SMARTS) is 1. The van der Waals surface area contributed by atoms with Crippen molar-refractivity contribution in [3.05, 3.63) is 89.4 Å². The predicted molar refractivity (Wildman–Crippen MR) is 115 cm³/mol. The van der Waals surface area contributed by atoms with Gasteiger partial charge in [0, 0.05) is 10.0 Å². The molecule has 0 unspecified atom stereocenters. The first-order valence-corrected chi connectivity index (χ1v) is 10.1. The fraction of sp³-hybridized carbons (Fsp3) is 0.0526. The van der Waals surface area contributed by atoms with Crippen molar-refractivity contribution in [1.82, 2.24) is 9.99 Å². The average molecular weight is 495 g/mol. The second kappa shape index (κ2) is 9.17. The summed E-state index contributed by atoms with van der Waals surface area (Å²) in [5.41, 5.74) is 3.56. The third-order valence-corrected chi connectivity index (χ3v) is 5.79. The number of halogens is 2. The van der Waals surface area contributed by atoms with Gasteiger partial charge in [-0.1, -0.05) is 51.0 Å². The predicted octanol–water partition coefficient (Wildman–Crippen LogP) is 3.84. The maximum atomic E-state index is 12.3. The summed E-state index contributed by atoms with van der Waals surface area (Å²) in [6.45, 7) is 0.119. The first-order chi connectivity index (χ1) is 13.8. The van der Waals surface area contributed by atoms with Gasteiger partial charge in [-0.25, -0.2) is 10.2 Å². The summed E-state index contributed by atoms with van der Waals surface area (Å²) in [7, 11) is 0. The van der Waals surface area contributed by atoms with Crippen LogP contribution in [0.15, 0.2) is 62.9 Å². The molecule has 10 heteroatoms. The lowest BCUT2D eigenvalue weighted by Crippen LogP contribution is -2.17. The van der Waals surface area contributed by atoms with E-state index in [4.69, 9.17) is 16.7 Å². The molecular weight excluding hydrogens is 482 g/mol. The van der Waals surface area contributed by atoms with Crippen LogP contribution in [-0.4, -0.2) is 27.8 Å². The minimum absolute atomic E-state index is 0.119. The Morgan fingerprint density at radius 2 is 1.93 bits per heavy atom. The Hall–Kier alpha value is -2.75. The zero-order chi connectivity index (χ0) is 21.0. The Morgan fingerprint density at radius 1 is 1.21 bits per heavy atom. The van der Waals surface area contributed by atoms with Crippen LogP contribution in [0.2, 0.25) is 5.15 Å². The smallest absolute Gasteiger partial charge is 0.335 e. The van der Waals surface area contributed by atoms with Crippen molar-refractivity contribution in [3.8, 4) is 0 Å². The summed E-state index contributed by atoms with van der Waals surface area (Å²) >= 11 is 10.4. The van der Waals surface area contributed by atoms with Crippen molar-refractivity contribution in [3.63, 3.8) is 0 Å². The van der Waals surface area contributed by atoms with E-state index in [1.165, 1.54) is 22.9 Å². The van der Waals surface area contributed by atoms with Crippen molar-refractivity contribution in [2.24, 2.45) is 5.10 Å². The highest BCUT2D eigenvalue weighted by molar-refractivity contribution is 9.10. The highest BCUT2D eigenvalue weighted by atomic mass is 79.9. The van der Waals surface area contributed by atoms with Gasteiger partial charge >= 0.3 is 10.8 Å². The number of carboxylic acids is 1. The lowest BCUT2D eigenvalue weighted by molar-refractivity contribution is 0.0696. The minimum Gasteiger partial charge on any atom is -0.478 e. The van der Waals surface area contributed by atoms with Gasteiger partial charge in [0.25, 0.3) is 5.91 Å². The zero-order valence-electron chi connectivity index (χ0n) is 14.6. The number of aromatic carboxylic acids is 1. The van der Waals surface area contributed by atoms with Crippen molar-refractivity contribution in [1.29, 1.82) is 0 Å². The van der Waals surface area contributed by atoms with Crippen LogP contribution in [-0.2, 0) is 6.54 Å². The van der Waals surface area contributed by atoms with E-state index >= 15 is 0 Å². The molecule has 0 aliphatic rings. The summed E-state index contributed by atoms with van der Waals surface area (Å²) < 4.78 is 2.16. The summed E-state index contributed by atoms with van der Waals surface area (Å²) in [6.07, 6.45) is 1.30. The number of hydrazone groups is 1. The van der Waals surface area contributed by atoms with Crippen molar-refractivity contribution in [2.45, 2.75) is 6.54 Å². The number of rotatable bonds is 6. The fourth-order valence-corrected chi connectivity index (χ4v) is 3.79. The summed E-state index contributed by atoms with van der Waals surface area (Å²) in [4.78, 5) is 35.5. The highest BCUT2D eigenvalue weighted by Gasteiger charge is 2.13. The van der Waals surface area contributed by atoms with E-state index in [0.717, 1.165) is 15.8 Å². The number of nitrogens with zero attached hydrogens (tertiary/aromatic N) is 2. The SMILES string of the molecule is O=C(O)c1cccc(Cn2c(Cl)c(/C=N/NC(=O)c3ccc(Br)cc3)sc2=O)c1. The first-order valence-electron chi connectivity index (χ1n) is 8.15. The monoisotopic (exact) mass is 493 g/mol. The van der Waals surface area contributed by atoms with E-state index in [0.29, 0.717) is 16.0 Å². The van der Waals surface area contributed by atoms with Crippen molar-refractivity contribution in [2.75, 3.05) is 0 Å². The maximum Gasteiger partial charge on any atom is 0.335 e. The van der Waals surface area contributed by atoms with E-state index in [1.807, 2.05) is 0 Å². The molecule has 0 fully saturated rings. The topological polar surface area (TPSA) is 101 Å². The van der Waals surface area contributed by atoms with Gasteiger partial charge in [0.1, 0.15) is 5.15 Å². The Bertz CT molecular complexity index is 1160. The molecule has 0 bridgehead atoms. The Morgan fingerprint density at radius 3 is 2.62 bits per heavy atom. The molecule has 29 heavy (non-hydrogen) atoms. The van der Waals surface area contributed by atoms with Crippen LogP contribution in [0.25, 0.3) is 0 Å². The van der Waals surface area contributed by atoms with Gasteiger partial charge in [-0.15, -0.1) is 0 Å². The van der Waals surface area contributed by atoms with Gasteiger partial charge < -0.3 is 5.11 Å². The largest absolute Gasteiger partial charge is 0.478 e. The summed E-state index contributed by atoms with van der Waals surface area (Å²) in [6, 6.07) is 13.0. The summed E-state index contributed by atoms with van der Waals surface area (Å²) in [5.74, 6) is -1.45. The molecule has 2 N–H and O–H groups in total. The minimum atomic E-state index is -1.05. The molecule has 0 atom stereocenters. The van der Waals surface area contributed by atoms with E-state index < -0.39 is 11.9 Å². The number of amides is 1. The number of thiazole rings is 1. The van der Waals surface area contributed by atoms with Gasteiger partial charge in [-0.05, 0) is 42.0 Å². The number of carbonyl (C=O) groups is 2. The number of hydrogen-bond donors (Lipinski definition) is 2. The second-order valence-corrected chi connectivity index (χ2v) is 8.09. The van der Waals surface area contributed by atoms with Gasteiger partial charge in [-0.2, -0.15) is 5.10 Å². The third-order valence-electron chi connectivity index (χ3n) is 3.83. The number of hydrogen-bond acceptors (Lipinski definition) is 5. The Balaban J connectivity index is 1.73. The standard InChI is InChI=1S/C19H13BrClN3O4S/c20-14-6-4-12(5-7-14)17(25)23-22-9-15-16(21)24(19(28)29-15)10-11-2-1-3-13(8-11)18(26)27/h1-9H,10H2,(H,23,25)(H,26,27)/b22-9+. The van der Waals surface area contributed by atoms with Gasteiger partial charge in [0.2, 0.25) is 0 Å². The van der Waals surface area contributed by atoms with Crippen LogP contribution < -0.4 is 10.3 Å². The van der Waals surface area contributed by atoms with Crippen molar-refractivity contribution >= 4 is 57.0 Å². The Labute approximate surface area is 182 Å². The normalized spacial score (nSPS) is 11.0. The molecule has 0 aliphatic heterocycles. The van der Waals surface area contributed by atoms with E-state index in [1.54, 1.807) is 36.4 Å². The number of nitrogens with one attached hydrogen (secondary N) is 1. The molecular formula is C19H13BrClN3O4S. The molecule has 0 spiro atoms. The number of carbonyl (C=O) groups excluding carboxylic acids is 1.